The van der Waals surface area contributed by atoms with Crippen LogP contribution in [0.2, 0.25) is 0 Å². The molecule has 2 nitrogen and oxygen atoms in total. The van der Waals surface area contributed by atoms with Gasteiger partial charge in [-0.2, -0.15) is 0 Å². The molecule has 130 valence electrons. The van der Waals surface area contributed by atoms with Crippen molar-refractivity contribution in [3.63, 3.8) is 0 Å². The molecule has 0 N–H and O–H groups in total. The second-order valence-electron chi connectivity index (χ2n) is 10.4. The molecular formula is C20H24Br2O2. The first kappa shape index (κ1) is 14.0. The van der Waals surface area contributed by atoms with E-state index in [1.165, 1.54) is 25.7 Å². The average Bonchev–Trinajstić information content (AvgIpc) is 3.36. The van der Waals surface area contributed by atoms with Crippen LogP contribution in [0.3, 0.4) is 0 Å². The van der Waals surface area contributed by atoms with Crippen LogP contribution in [0.15, 0.2) is 0 Å². The molecule has 0 amide bonds. The number of alkyl halides is 2. The zero-order valence-corrected chi connectivity index (χ0v) is 16.9. The van der Waals surface area contributed by atoms with Crippen LogP contribution in [-0.2, 0) is 9.47 Å². The lowest BCUT2D eigenvalue weighted by molar-refractivity contribution is -0.105. The lowest BCUT2D eigenvalue weighted by atomic mass is 9.72. The zero-order valence-electron chi connectivity index (χ0n) is 13.7. The van der Waals surface area contributed by atoms with Gasteiger partial charge in [0.2, 0.25) is 0 Å². The molecule has 6 saturated carbocycles. The predicted octanol–water partition coefficient (Wildman–Crippen LogP) is 3.86. The first-order valence-electron chi connectivity index (χ1n) is 10.2. The highest BCUT2D eigenvalue weighted by atomic mass is 79.9. The lowest BCUT2D eigenvalue weighted by Crippen LogP contribution is -2.46. The monoisotopic (exact) mass is 454 g/mol. The van der Waals surface area contributed by atoms with Crippen molar-refractivity contribution in [1.29, 1.82) is 0 Å². The minimum absolute atomic E-state index is 0.195. The first-order valence-corrected chi connectivity index (χ1v) is 12.5. The van der Waals surface area contributed by atoms with Crippen molar-refractivity contribution in [2.75, 3.05) is 10.7 Å². The zero-order chi connectivity index (χ0) is 15.6. The van der Waals surface area contributed by atoms with E-state index in [1.54, 1.807) is 0 Å². The fraction of sp³-hybridized carbons (Fsp3) is 1.00. The molecule has 0 aromatic heterocycles. The van der Waals surface area contributed by atoms with Gasteiger partial charge in [-0.15, -0.1) is 0 Å². The van der Waals surface area contributed by atoms with Crippen molar-refractivity contribution in [2.24, 2.45) is 59.2 Å². The molecule has 2 aliphatic heterocycles. The molecule has 8 aliphatic rings. The highest BCUT2D eigenvalue weighted by Gasteiger charge is 2.89. The van der Waals surface area contributed by atoms with Crippen molar-refractivity contribution >= 4 is 31.9 Å². The van der Waals surface area contributed by atoms with Crippen molar-refractivity contribution in [1.82, 2.24) is 0 Å². The molecule has 4 heteroatoms. The second-order valence-corrected chi connectivity index (χ2v) is 11.5. The highest BCUT2D eigenvalue weighted by molar-refractivity contribution is 9.09. The Labute approximate surface area is 160 Å². The van der Waals surface area contributed by atoms with Crippen molar-refractivity contribution in [3.05, 3.63) is 0 Å². The van der Waals surface area contributed by atoms with Crippen LogP contribution in [0.5, 0.6) is 0 Å². The van der Waals surface area contributed by atoms with Gasteiger partial charge in [0.05, 0.1) is 23.4 Å². The molecule has 8 fully saturated rings. The summed E-state index contributed by atoms with van der Waals surface area (Å²) in [6, 6.07) is 0. The Morgan fingerprint density at radius 2 is 1.08 bits per heavy atom. The fourth-order valence-electron chi connectivity index (χ4n) is 11.1. The molecule has 0 unspecified atom stereocenters. The van der Waals surface area contributed by atoms with E-state index in [0.717, 1.165) is 69.8 Å². The summed E-state index contributed by atoms with van der Waals surface area (Å²) in [5.41, 5.74) is 0.390. The molecule has 0 radical (unpaired) electrons. The molecule has 0 aromatic rings. The van der Waals surface area contributed by atoms with Gasteiger partial charge < -0.3 is 9.47 Å². The lowest BCUT2D eigenvalue weighted by Gasteiger charge is -2.39. The summed E-state index contributed by atoms with van der Waals surface area (Å²) in [5.74, 6) is 8.72. The van der Waals surface area contributed by atoms with Crippen molar-refractivity contribution in [2.45, 2.75) is 49.1 Å². The molecule has 0 aromatic carbocycles. The summed E-state index contributed by atoms with van der Waals surface area (Å²) in [7, 11) is 0. The summed E-state index contributed by atoms with van der Waals surface area (Å²) >= 11 is 7.98. The normalized spacial score (nSPS) is 77.2. The Hall–Kier alpha value is 0.880. The third-order valence-corrected chi connectivity index (χ3v) is 12.4. The van der Waals surface area contributed by atoms with Crippen LogP contribution in [-0.4, -0.2) is 34.1 Å². The van der Waals surface area contributed by atoms with Gasteiger partial charge in [0.1, 0.15) is 0 Å². The Morgan fingerprint density at radius 3 is 1.50 bits per heavy atom. The van der Waals surface area contributed by atoms with E-state index < -0.39 is 0 Å². The summed E-state index contributed by atoms with van der Waals surface area (Å²) in [6.45, 7) is 0. The van der Waals surface area contributed by atoms with Gasteiger partial charge >= 0.3 is 0 Å². The van der Waals surface area contributed by atoms with Crippen molar-refractivity contribution in [3.8, 4) is 0 Å². The van der Waals surface area contributed by atoms with Gasteiger partial charge in [-0.1, -0.05) is 31.9 Å². The average molecular weight is 456 g/mol. The summed E-state index contributed by atoms with van der Waals surface area (Å²) in [4.78, 5) is 0. The van der Waals surface area contributed by atoms with Gasteiger partial charge in [0.15, 0.2) is 0 Å². The summed E-state index contributed by atoms with van der Waals surface area (Å²) in [6.07, 6.45) is 6.61. The molecule has 14 atom stereocenters. The Morgan fingerprint density at radius 1 is 0.625 bits per heavy atom. The van der Waals surface area contributed by atoms with Gasteiger partial charge in [-0.05, 0) is 84.9 Å². The maximum absolute atomic E-state index is 7.06. The van der Waals surface area contributed by atoms with E-state index in [4.69, 9.17) is 9.47 Å². The standard InChI is InChI=1S/C20H24Br2O2/c21-5-19-15-7-1-3-9-11(7)17-13(15)14-16(20(17,6-22)23-9)8-2-4-10(24-19)12(8)18(14)19/h7-18H,1-6H2/t7-,8-,9-,10+,11+,12+,13-,14-,15+,16+,17-,18-,19-,20-/m1/s1. The molecule has 0 bridgehead atoms. The van der Waals surface area contributed by atoms with E-state index in [2.05, 4.69) is 31.9 Å². The van der Waals surface area contributed by atoms with Crippen LogP contribution in [0.4, 0.5) is 0 Å². The number of hydrogen-bond donors (Lipinski definition) is 0. The molecular weight excluding hydrogens is 432 g/mol. The molecule has 2 saturated heterocycles. The number of hydrogen-bond acceptors (Lipinski definition) is 2. The molecule has 24 heavy (non-hydrogen) atoms. The Kier molecular flexibility index (Phi) is 2.25. The van der Waals surface area contributed by atoms with Gasteiger partial charge in [0.25, 0.3) is 0 Å². The maximum Gasteiger partial charge on any atom is 0.0850 e. The van der Waals surface area contributed by atoms with Crippen LogP contribution in [0.1, 0.15) is 25.7 Å². The second kappa shape index (κ2) is 3.86. The Bertz CT molecular complexity index is 614. The van der Waals surface area contributed by atoms with Crippen LogP contribution in [0, 0.1) is 59.2 Å². The molecule has 2 heterocycles. The third-order valence-electron chi connectivity index (χ3n) is 10.7. The van der Waals surface area contributed by atoms with E-state index in [1.807, 2.05) is 0 Å². The summed E-state index contributed by atoms with van der Waals surface area (Å²) in [5, 5.41) is 2.19. The largest absolute Gasteiger partial charge is 0.370 e. The number of fused-ring (bicyclic) bond motifs is 4. The van der Waals surface area contributed by atoms with Gasteiger partial charge in [-0.25, -0.2) is 0 Å². The number of halogens is 2. The number of ether oxygens (including phenoxy) is 2. The first-order chi connectivity index (χ1) is 11.8. The van der Waals surface area contributed by atoms with Crippen molar-refractivity contribution < 1.29 is 9.47 Å². The topological polar surface area (TPSA) is 18.5 Å². The number of rotatable bonds is 2. The maximum atomic E-state index is 7.06. The molecule has 6 aliphatic carbocycles. The minimum Gasteiger partial charge on any atom is -0.370 e. The molecule has 8 rings (SSSR count). The quantitative estimate of drug-likeness (QED) is 0.588. The van der Waals surface area contributed by atoms with E-state index in [9.17, 15) is 0 Å². The predicted molar refractivity (Wildman–Crippen MR) is 96.2 cm³/mol. The highest BCUT2D eigenvalue weighted by Crippen LogP contribution is 2.86. The Balaban J connectivity index is 1.44. The van der Waals surface area contributed by atoms with Crippen LogP contribution >= 0.6 is 31.9 Å². The summed E-state index contributed by atoms with van der Waals surface area (Å²) < 4.78 is 14.1. The van der Waals surface area contributed by atoms with E-state index in [-0.39, 0.29) is 11.2 Å². The van der Waals surface area contributed by atoms with Crippen LogP contribution < -0.4 is 0 Å². The van der Waals surface area contributed by atoms with Gasteiger partial charge in [0, 0.05) is 10.7 Å². The van der Waals surface area contributed by atoms with E-state index in [0.29, 0.717) is 12.2 Å². The van der Waals surface area contributed by atoms with E-state index >= 15 is 0 Å². The third kappa shape index (κ3) is 1.03. The van der Waals surface area contributed by atoms with Gasteiger partial charge in [-0.3, -0.25) is 0 Å². The molecule has 0 spiro atoms. The SMILES string of the molecule is BrC[C@]12O[C@H]3CC[C@@H]4[C@@H]3[C@@H]1[C@@H]1[C@H]3[C@H]5[C@H]6[C@@H](CC[C@H]6O[C@]5(CBr)[C@@H]41)[C@@H]32. The van der Waals surface area contributed by atoms with Crippen LogP contribution in [0.25, 0.3) is 0 Å². The fourth-order valence-corrected chi connectivity index (χ4v) is 12.8. The minimum atomic E-state index is 0.195. The smallest absolute Gasteiger partial charge is 0.0850 e.